The third kappa shape index (κ3) is 6.48. The third-order valence-electron chi connectivity index (χ3n) is 6.01. The molecule has 7 nitrogen and oxygen atoms in total. The highest BCUT2D eigenvalue weighted by molar-refractivity contribution is 6.32. The summed E-state index contributed by atoms with van der Waals surface area (Å²) in [5.74, 6) is -0.303. The van der Waals surface area contributed by atoms with Crippen LogP contribution in [0.3, 0.4) is 0 Å². The zero-order valence-corrected chi connectivity index (χ0v) is 21.9. The Morgan fingerprint density at radius 1 is 1.03 bits per heavy atom. The molecule has 1 aliphatic heterocycles. The van der Waals surface area contributed by atoms with Crippen LogP contribution in [0, 0.1) is 0 Å². The van der Waals surface area contributed by atoms with Gasteiger partial charge in [0.25, 0.3) is 5.91 Å². The Morgan fingerprint density at radius 2 is 1.66 bits per heavy atom. The van der Waals surface area contributed by atoms with Gasteiger partial charge in [0.2, 0.25) is 0 Å². The summed E-state index contributed by atoms with van der Waals surface area (Å²) in [7, 11) is 0. The molecule has 1 aliphatic rings. The monoisotopic (exact) mass is 548 g/mol. The van der Waals surface area contributed by atoms with Gasteiger partial charge >= 0.3 is 12.3 Å². The van der Waals surface area contributed by atoms with Crippen LogP contribution in [0.5, 0.6) is 0 Å². The van der Waals surface area contributed by atoms with Gasteiger partial charge in [-0.25, -0.2) is 9.48 Å². The van der Waals surface area contributed by atoms with Gasteiger partial charge in [0.15, 0.2) is 5.69 Å². The van der Waals surface area contributed by atoms with Crippen molar-refractivity contribution in [3.63, 3.8) is 0 Å². The van der Waals surface area contributed by atoms with Crippen molar-refractivity contribution in [3.8, 4) is 16.9 Å². The van der Waals surface area contributed by atoms with Crippen molar-refractivity contribution in [2.24, 2.45) is 0 Å². The van der Waals surface area contributed by atoms with E-state index in [9.17, 15) is 22.8 Å². The molecule has 1 aromatic heterocycles. The Hall–Kier alpha value is -3.53. The fourth-order valence-corrected chi connectivity index (χ4v) is 4.34. The van der Waals surface area contributed by atoms with Crippen molar-refractivity contribution in [2.75, 3.05) is 13.1 Å². The molecular formula is C27H28ClF3N4O3. The first-order valence-corrected chi connectivity index (χ1v) is 12.5. The van der Waals surface area contributed by atoms with E-state index in [0.717, 1.165) is 10.7 Å². The van der Waals surface area contributed by atoms with E-state index in [1.807, 2.05) is 20.8 Å². The van der Waals surface area contributed by atoms with Gasteiger partial charge in [-0.3, -0.25) is 4.79 Å². The molecule has 2 amide bonds. The van der Waals surface area contributed by atoms with Crippen molar-refractivity contribution < 1.29 is 27.5 Å². The minimum atomic E-state index is -4.64. The average Bonchev–Trinajstić information content (AvgIpc) is 3.30. The van der Waals surface area contributed by atoms with Gasteiger partial charge in [-0.1, -0.05) is 35.9 Å². The summed E-state index contributed by atoms with van der Waals surface area (Å²) < 4.78 is 46.9. The number of benzene rings is 2. The third-order valence-corrected chi connectivity index (χ3v) is 6.32. The predicted octanol–water partition coefficient (Wildman–Crippen LogP) is 6.34. The van der Waals surface area contributed by atoms with Crippen molar-refractivity contribution in [1.82, 2.24) is 20.0 Å². The number of carbonyl (C=O) groups excluding carboxylic acids is 2. The SMILES string of the molecule is CC(C)(C)OC(=O)N1CCC(NC(=O)c2ccc(-c3cc(C(F)(F)F)nn3-c3ccccc3Cl)cc2)CC1. The van der Waals surface area contributed by atoms with E-state index in [1.165, 1.54) is 0 Å². The molecule has 0 unspecified atom stereocenters. The molecule has 202 valence electrons. The van der Waals surface area contributed by atoms with E-state index in [4.69, 9.17) is 16.3 Å². The molecule has 1 N–H and O–H groups in total. The number of carbonyl (C=O) groups is 2. The number of hydrogen-bond acceptors (Lipinski definition) is 4. The maximum atomic E-state index is 13.5. The van der Waals surface area contributed by atoms with Gasteiger partial charge in [-0.2, -0.15) is 18.3 Å². The zero-order valence-electron chi connectivity index (χ0n) is 21.2. The molecule has 1 fully saturated rings. The van der Waals surface area contributed by atoms with Crippen LogP contribution in [0.25, 0.3) is 16.9 Å². The van der Waals surface area contributed by atoms with E-state index in [2.05, 4.69) is 10.4 Å². The molecule has 1 saturated heterocycles. The van der Waals surface area contributed by atoms with Gasteiger partial charge in [0, 0.05) is 30.3 Å². The first-order chi connectivity index (χ1) is 17.8. The molecule has 0 spiro atoms. The molecular weight excluding hydrogens is 521 g/mol. The molecule has 0 aliphatic carbocycles. The topological polar surface area (TPSA) is 76.5 Å². The van der Waals surface area contributed by atoms with E-state index in [-0.39, 0.29) is 28.8 Å². The number of nitrogens with one attached hydrogen (secondary N) is 1. The smallest absolute Gasteiger partial charge is 0.435 e. The number of halogens is 4. The number of para-hydroxylation sites is 1. The number of piperidine rings is 1. The van der Waals surface area contributed by atoms with E-state index < -0.39 is 17.5 Å². The predicted molar refractivity (Wildman–Crippen MR) is 137 cm³/mol. The summed E-state index contributed by atoms with van der Waals surface area (Å²) in [6.45, 7) is 6.35. The maximum absolute atomic E-state index is 13.5. The summed E-state index contributed by atoms with van der Waals surface area (Å²) in [5, 5.41) is 6.97. The number of likely N-dealkylation sites (tertiary alicyclic amines) is 1. The molecule has 0 bridgehead atoms. The van der Waals surface area contributed by atoms with Crippen LogP contribution in [0.4, 0.5) is 18.0 Å². The molecule has 0 saturated carbocycles. The largest absolute Gasteiger partial charge is 0.444 e. The molecule has 38 heavy (non-hydrogen) atoms. The number of nitrogens with zero attached hydrogens (tertiary/aromatic N) is 3. The van der Waals surface area contributed by atoms with Crippen LogP contribution in [-0.4, -0.2) is 51.4 Å². The van der Waals surface area contributed by atoms with E-state index >= 15 is 0 Å². The lowest BCUT2D eigenvalue weighted by Crippen LogP contribution is -2.47. The van der Waals surface area contributed by atoms with E-state index in [0.29, 0.717) is 42.7 Å². The standard InChI is InChI=1S/C27H28ClF3N4O3/c1-26(2,3)38-25(37)34-14-12-19(13-15-34)32-24(36)18-10-8-17(9-11-18)22-16-23(27(29,30)31)33-35(22)21-7-5-4-6-20(21)28/h4-11,16,19H,12-15H2,1-3H3,(H,32,36). The molecule has 2 aromatic carbocycles. The van der Waals surface area contributed by atoms with Crippen LogP contribution < -0.4 is 5.32 Å². The first kappa shape index (κ1) is 27.5. The Labute approximate surface area is 223 Å². The van der Waals surface area contributed by atoms with Crippen LogP contribution >= 0.6 is 11.6 Å². The molecule has 2 heterocycles. The number of amides is 2. The Kier molecular flexibility index (Phi) is 7.73. The highest BCUT2D eigenvalue weighted by Gasteiger charge is 2.35. The molecule has 3 aromatic rings. The minimum absolute atomic E-state index is 0.114. The fourth-order valence-electron chi connectivity index (χ4n) is 4.13. The molecule has 0 radical (unpaired) electrons. The summed E-state index contributed by atoms with van der Waals surface area (Å²) in [6, 6.07) is 13.6. The number of ether oxygens (including phenoxy) is 1. The highest BCUT2D eigenvalue weighted by Crippen LogP contribution is 2.34. The second-order valence-corrected chi connectivity index (χ2v) is 10.5. The lowest BCUT2D eigenvalue weighted by Gasteiger charge is -2.33. The number of rotatable bonds is 4. The van der Waals surface area contributed by atoms with Gasteiger partial charge in [-0.05, 0) is 63.9 Å². The van der Waals surface area contributed by atoms with Crippen molar-refractivity contribution >= 4 is 23.6 Å². The second kappa shape index (κ2) is 10.7. The van der Waals surface area contributed by atoms with Crippen molar-refractivity contribution in [1.29, 1.82) is 0 Å². The Balaban J connectivity index is 1.46. The van der Waals surface area contributed by atoms with E-state index in [1.54, 1.807) is 53.4 Å². The second-order valence-electron chi connectivity index (χ2n) is 10.1. The zero-order chi connectivity index (χ0) is 27.7. The fraction of sp³-hybridized carbons (Fsp3) is 0.370. The van der Waals surface area contributed by atoms with Gasteiger partial charge in [0.1, 0.15) is 5.60 Å². The maximum Gasteiger partial charge on any atom is 0.435 e. The summed E-state index contributed by atoms with van der Waals surface area (Å²) in [6.07, 6.45) is -3.84. The van der Waals surface area contributed by atoms with Crippen LogP contribution in [-0.2, 0) is 10.9 Å². The molecule has 11 heteroatoms. The number of alkyl halides is 3. The van der Waals surface area contributed by atoms with Gasteiger partial charge < -0.3 is 15.0 Å². The van der Waals surface area contributed by atoms with Gasteiger partial charge in [0.05, 0.1) is 16.4 Å². The quantitative estimate of drug-likeness (QED) is 0.413. The van der Waals surface area contributed by atoms with Crippen LogP contribution in [0.1, 0.15) is 49.7 Å². The normalized spacial score (nSPS) is 14.9. The number of hydrogen-bond donors (Lipinski definition) is 1. The summed E-state index contributed by atoms with van der Waals surface area (Å²) in [4.78, 5) is 26.7. The molecule has 4 rings (SSSR count). The highest BCUT2D eigenvalue weighted by atomic mass is 35.5. The van der Waals surface area contributed by atoms with Crippen LogP contribution in [0.15, 0.2) is 54.6 Å². The lowest BCUT2D eigenvalue weighted by molar-refractivity contribution is -0.141. The minimum Gasteiger partial charge on any atom is -0.444 e. The first-order valence-electron chi connectivity index (χ1n) is 12.1. The van der Waals surface area contributed by atoms with Crippen LogP contribution in [0.2, 0.25) is 5.02 Å². The Morgan fingerprint density at radius 3 is 2.24 bits per heavy atom. The van der Waals surface area contributed by atoms with Gasteiger partial charge in [-0.15, -0.1) is 0 Å². The van der Waals surface area contributed by atoms with Crippen molar-refractivity contribution in [3.05, 3.63) is 70.9 Å². The summed E-state index contributed by atoms with van der Waals surface area (Å²) in [5.41, 5.74) is -0.329. The van der Waals surface area contributed by atoms with Crippen molar-refractivity contribution in [2.45, 2.75) is 51.4 Å². The summed E-state index contributed by atoms with van der Waals surface area (Å²) >= 11 is 6.23. The lowest BCUT2D eigenvalue weighted by atomic mass is 10.0. The average molecular weight is 549 g/mol. The molecule has 0 atom stereocenters. The Bertz CT molecular complexity index is 1310. The number of aromatic nitrogens is 2.